The first-order valence-electron chi connectivity index (χ1n) is 6.93. The van der Waals surface area contributed by atoms with E-state index in [9.17, 15) is 0 Å². The van der Waals surface area contributed by atoms with E-state index in [-0.39, 0.29) is 0 Å². The van der Waals surface area contributed by atoms with Crippen LogP contribution in [0.2, 0.25) is 0 Å². The molecule has 0 N–H and O–H groups in total. The molecule has 3 nitrogen and oxygen atoms in total. The minimum absolute atomic E-state index is 0.549. The summed E-state index contributed by atoms with van der Waals surface area (Å²) in [4.78, 5) is 7.05. The molecule has 0 aliphatic heterocycles. The van der Waals surface area contributed by atoms with Crippen LogP contribution in [0.5, 0.6) is 0 Å². The van der Waals surface area contributed by atoms with E-state index in [4.69, 9.17) is 16.6 Å². The van der Waals surface area contributed by atoms with Crippen molar-refractivity contribution in [3.8, 4) is 0 Å². The number of hydrogen-bond donors (Lipinski definition) is 0. The normalized spacial score (nSPS) is 11.9. The van der Waals surface area contributed by atoms with Crippen LogP contribution in [0.25, 0.3) is 11.0 Å². The molecule has 0 fully saturated rings. The van der Waals surface area contributed by atoms with E-state index in [2.05, 4.69) is 58.4 Å². The highest BCUT2D eigenvalue weighted by Gasteiger charge is 2.12. The molecule has 1 heterocycles. The van der Waals surface area contributed by atoms with Gasteiger partial charge in [0, 0.05) is 35.9 Å². The third kappa shape index (κ3) is 3.54. The molecule has 0 spiro atoms. The topological polar surface area (TPSA) is 21.1 Å². The van der Waals surface area contributed by atoms with Crippen LogP contribution in [0.4, 0.5) is 0 Å². The second kappa shape index (κ2) is 6.92. The molecule has 0 radical (unpaired) electrons. The lowest BCUT2D eigenvalue weighted by molar-refractivity contribution is 0.263. The molecule has 0 saturated carbocycles. The summed E-state index contributed by atoms with van der Waals surface area (Å²) >= 11 is 9.45. The molecule has 5 heteroatoms. The fourth-order valence-electron chi connectivity index (χ4n) is 2.19. The van der Waals surface area contributed by atoms with Gasteiger partial charge in [-0.3, -0.25) is 0 Å². The molecule has 2 aromatic rings. The number of halogens is 2. The molecule has 1 aromatic carbocycles. The Balaban J connectivity index is 2.32. The molecule has 0 aliphatic carbocycles. The highest BCUT2D eigenvalue weighted by atomic mass is 79.9. The average Bonchev–Trinajstić information content (AvgIpc) is 2.73. The van der Waals surface area contributed by atoms with Gasteiger partial charge in [-0.2, -0.15) is 0 Å². The van der Waals surface area contributed by atoms with E-state index < -0.39 is 0 Å². The standard InChI is InChI=1S/C15H21BrClN3/c1-11(2)19(3)8-9-20-14-10-12(16)4-5-13(14)18-15(20)6-7-17/h4-5,10-11H,6-9H2,1-3H3. The second-order valence-corrected chi connectivity index (χ2v) is 6.62. The lowest BCUT2D eigenvalue weighted by Crippen LogP contribution is -2.30. The van der Waals surface area contributed by atoms with E-state index in [0.717, 1.165) is 35.3 Å². The molecule has 0 bridgehead atoms. The minimum atomic E-state index is 0.549. The molecule has 0 unspecified atom stereocenters. The van der Waals surface area contributed by atoms with Crippen molar-refractivity contribution in [2.45, 2.75) is 32.9 Å². The van der Waals surface area contributed by atoms with E-state index in [0.29, 0.717) is 11.9 Å². The first kappa shape index (κ1) is 15.8. The average molecular weight is 359 g/mol. The van der Waals surface area contributed by atoms with Gasteiger partial charge in [0.2, 0.25) is 0 Å². The summed E-state index contributed by atoms with van der Waals surface area (Å²) in [7, 11) is 2.15. The molecule has 20 heavy (non-hydrogen) atoms. The Morgan fingerprint density at radius 3 is 2.80 bits per heavy atom. The van der Waals surface area contributed by atoms with Crippen molar-refractivity contribution in [3.63, 3.8) is 0 Å². The summed E-state index contributed by atoms with van der Waals surface area (Å²) in [5.74, 6) is 1.68. The molecule has 0 aliphatic rings. The fourth-order valence-corrected chi connectivity index (χ4v) is 2.70. The molecule has 0 saturated heterocycles. The van der Waals surface area contributed by atoms with Gasteiger partial charge in [0.25, 0.3) is 0 Å². The Hall–Kier alpha value is -0.580. The lowest BCUT2D eigenvalue weighted by atomic mass is 10.3. The van der Waals surface area contributed by atoms with Gasteiger partial charge in [-0.05, 0) is 39.1 Å². The molecule has 0 amide bonds. The van der Waals surface area contributed by atoms with Crippen LogP contribution in [0.15, 0.2) is 22.7 Å². The van der Waals surface area contributed by atoms with Crippen molar-refractivity contribution >= 4 is 38.6 Å². The largest absolute Gasteiger partial charge is 0.327 e. The Morgan fingerprint density at radius 2 is 2.15 bits per heavy atom. The van der Waals surface area contributed by atoms with Crippen LogP contribution < -0.4 is 0 Å². The van der Waals surface area contributed by atoms with Crippen molar-refractivity contribution in [3.05, 3.63) is 28.5 Å². The number of aromatic nitrogens is 2. The molecule has 110 valence electrons. The van der Waals surface area contributed by atoms with Crippen LogP contribution in [0, 0.1) is 0 Å². The highest BCUT2D eigenvalue weighted by molar-refractivity contribution is 9.10. The molecular weight excluding hydrogens is 338 g/mol. The van der Waals surface area contributed by atoms with E-state index in [1.54, 1.807) is 0 Å². The monoisotopic (exact) mass is 357 g/mol. The van der Waals surface area contributed by atoms with Gasteiger partial charge < -0.3 is 9.47 Å². The third-order valence-corrected chi connectivity index (χ3v) is 4.35. The number of alkyl halides is 1. The van der Waals surface area contributed by atoms with Gasteiger partial charge in [0.1, 0.15) is 5.82 Å². The Bertz CT molecular complexity index is 580. The van der Waals surface area contributed by atoms with Crippen molar-refractivity contribution in [1.29, 1.82) is 0 Å². The molecule has 0 atom stereocenters. The minimum Gasteiger partial charge on any atom is -0.327 e. The second-order valence-electron chi connectivity index (χ2n) is 5.33. The smallest absolute Gasteiger partial charge is 0.111 e. The third-order valence-electron chi connectivity index (χ3n) is 3.67. The van der Waals surface area contributed by atoms with Gasteiger partial charge in [-0.25, -0.2) is 4.98 Å². The lowest BCUT2D eigenvalue weighted by Gasteiger charge is -2.21. The maximum atomic E-state index is 5.91. The quantitative estimate of drug-likeness (QED) is 0.730. The predicted molar refractivity (Wildman–Crippen MR) is 89.6 cm³/mol. The predicted octanol–water partition coefficient (Wildman–Crippen LogP) is 3.92. The summed E-state index contributed by atoms with van der Waals surface area (Å²) in [5, 5.41) is 0. The summed E-state index contributed by atoms with van der Waals surface area (Å²) in [6.07, 6.45) is 0.805. The maximum Gasteiger partial charge on any atom is 0.111 e. The van der Waals surface area contributed by atoms with Crippen molar-refractivity contribution < 1.29 is 0 Å². The Labute approximate surface area is 134 Å². The SMILES string of the molecule is CC(C)N(C)CCn1c(CCCl)nc2ccc(Br)cc21. The zero-order chi connectivity index (χ0) is 14.7. The summed E-state index contributed by atoms with van der Waals surface area (Å²) in [6.45, 7) is 6.36. The number of nitrogens with zero attached hydrogens (tertiary/aromatic N) is 3. The van der Waals surface area contributed by atoms with Gasteiger partial charge in [-0.1, -0.05) is 15.9 Å². The maximum absolute atomic E-state index is 5.91. The fraction of sp³-hybridized carbons (Fsp3) is 0.533. The Kier molecular flexibility index (Phi) is 5.47. The zero-order valence-corrected chi connectivity index (χ0v) is 14.6. The Morgan fingerprint density at radius 1 is 1.40 bits per heavy atom. The van der Waals surface area contributed by atoms with Crippen LogP contribution >= 0.6 is 27.5 Å². The summed E-state index contributed by atoms with van der Waals surface area (Å²) in [5.41, 5.74) is 2.22. The molecule has 1 aromatic heterocycles. The van der Waals surface area contributed by atoms with Crippen molar-refractivity contribution in [1.82, 2.24) is 14.5 Å². The first-order valence-corrected chi connectivity index (χ1v) is 8.26. The van der Waals surface area contributed by atoms with E-state index in [1.165, 1.54) is 5.52 Å². The van der Waals surface area contributed by atoms with Crippen LogP contribution in [0.3, 0.4) is 0 Å². The number of benzene rings is 1. The number of hydrogen-bond acceptors (Lipinski definition) is 2. The van der Waals surface area contributed by atoms with Gasteiger partial charge in [0.15, 0.2) is 0 Å². The van der Waals surface area contributed by atoms with Crippen LogP contribution in [-0.4, -0.2) is 40.0 Å². The number of imidazole rings is 1. The van der Waals surface area contributed by atoms with Crippen molar-refractivity contribution in [2.75, 3.05) is 19.5 Å². The van der Waals surface area contributed by atoms with E-state index >= 15 is 0 Å². The molecule has 2 rings (SSSR count). The van der Waals surface area contributed by atoms with Crippen LogP contribution in [-0.2, 0) is 13.0 Å². The number of fused-ring (bicyclic) bond motifs is 1. The number of likely N-dealkylation sites (N-methyl/N-ethyl adjacent to an activating group) is 1. The zero-order valence-electron chi connectivity index (χ0n) is 12.2. The number of aryl methyl sites for hydroxylation is 1. The highest BCUT2D eigenvalue weighted by Crippen LogP contribution is 2.21. The van der Waals surface area contributed by atoms with Gasteiger partial charge in [0.05, 0.1) is 11.0 Å². The number of rotatable bonds is 6. The van der Waals surface area contributed by atoms with E-state index in [1.807, 2.05) is 6.07 Å². The molecular formula is C15H21BrClN3. The first-order chi connectivity index (χ1) is 9.52. The van der Waals surface area contributed by atoms with Crippen molar-refractivity contribution in [2.24, 2.45) is 0 Å². The van der Waals surface area contributed by atoms with Gasteiger partial charge >= 0.3 is 0 Å². The van der Waals surface area contributed by atoms with Crippen LogP contribution in [0.1, 0.15) is 19.7 Å². The summed E-state index contributed by atoms with van der Waals surface area (Å²) < 4.78 is 3.38. The summed E-state index contributed by atoms with van der Waals surface area (Å²) in [6, 6.07) is 6.77. The van der Waals surface area contributed by atoms with Gasteiger partial charge in [-0.15, -0.1) is 11.6 Å².